The lowest BCUT2D eigenvalue weighted by Crippen LogP contribution is -2.26. The Morgan fingerprint density at radius 1 is 1.29 bits per heavy atom. The van der Waals surface area contributed by atoms with Gasteiger partial charge in [-0.2, -0.15) is 0 Å². The molecule has 0 aliphatic heterocycles. The average molecular weight is 288 g/mol. The molecule has 1 amide bonds. The first kappa shape index (κ1) is 15.1. The molecule has 2 rings (SSSR count). The number of esters is 1. The van der Waals surface area contributed by atoms with Crippen molar-refractivity contribution in [3.05, 3.63) is 35.0 Å². The van der Waals surface area contributed by atoms with E-state index in [1.54, 1.807) is 6.92 Å². The molecule has 0 bridgehead atoms. The molecule has 0 saturated heterocycles. The fourth-order valence-corrected chi connectivity index (χ4v) is 2.19. The molecule has 2 aromatic rings. The fourth-order valence-electron chi connectivity index (χ4n) is 2.19. The average Bonchev–Trinajstić information content (AvgIpc) is 2.88. The van der Waals surface area contributed by atoms with E-state index in [1.165, 1.54) is 5.56 Å². The summed E-state index contributed by atoms with van der Waals surface area (Å²) in [7, 11) is 0. The van der Waals surface area contributed by atoms with E-state index < -0.39 is 0 Å². The normalized spacial score (nSPS) is 10.6. The number of nitrogens with one attached hydrogen (secondary N) is 2. The van der Waals surface area contributed by atoms with Gasteiger partial charge >= 0.3 is 5.97 Å². The molecule has 0 saturated carbocycles. The molecule has 5 heteroatoms. The highest BCUT2D eigenvalue weighted by Gasteiger charge is 2.11. The van der Waals surface area contributed by atoms with E-state index in [0.29, 0.717) is 12.3 Å². The maximum absolute atomic E-state index is 12.1. The number of fused-ring (bicyclic) bond motifs is 1. The van der Waals surface area contributed by atoms with E-state index >= 15 is 0 Å². The van der Waals surface area contributed by atoms with Gasteiger partial charge < -0.3 is 15.0 Å². The quantitative estimate of drug-likeness (QED) is 0.830. The number of amides is 1. The van der Waals surface area contributed by atoms with Gasteiger partial charge in [0.2, 0.25) is 0 Å². The number of hydrogen-bond acceptors (Lipinski definition) is 3. The lowest BCUT2D eigenvalue weighted by atomic mass is 10.1. The third kappa shape index (κ3) is 3.42. The number of hydrogen-bond donors (Lipinski definition) is 2. The van der Waals surface area contributed by atoms with E-state index in [9.17, 15) is 9.59 Å². The Morgan fingerprint density at radius 3 is 2.76 bits per heavy atom. The molecule has 0 fully saturated rings. The zero-order valence-electron chi connectivity index (χ0n) is 12.6. The van der Waals surface area contributed by atoms with Crippen molar-refractivity contribution < 1.29 is 14.3 Å². The molecule has 0 unspecified atom stereocenters. The maximum Gasteiger partial charge on any atom is 0.307 e. The van der Waals surface area contributed by atoms with Crippen LogP contribution in [0, 0.1) is 13.8 Å². The van der Waals surface area contributed by atoms with Crippen LogP contribution in [0.2, 0.25) is 0 Å². The largest absolute Gasteiger partial charge is 0.466 e. The first-order valence-corrected chi connectivity index (χ1v) is 7.05. The van der Waals surface area contributed by atoms with E-state index in [0.717, 1.165) is 16.5 Å². The monoisotopic (exact) mass is 288 g/mol. The highest BCUT2D eigenvalue weighted by atomic mass is 16.5. The standard InChI is InChI=1S/C16H20N2O3/c1-4-21-15(19)7-8-17-16(20)14-9-12-11(3)10(2)5-6-13(12)18-14/h5-6,9,18H,4,7-8H2,1-3H3,(H,17,20). The van der Waals surface area contributed by atoms with Crippen molar-refractivity contribution >= 4 is 22.8 Å². The van der Waals surface area contributed by atoms with Crippen molar-refractivity contribution in [3.8, 4) is 0 Å². The van der Waals surface area contributed by atoms with Crippen LogP contribution in [-0.2, 0) is 9.53 Å². The Hall–Kier alpha value is -2.30. The Labute approximate surface area is 123 Å². The number of benzene rings is 1. The second-order valence-corrected chi connectivity index (χ2v) is 4.96. The minimum atomic E-state index is -0.305. The van der Waals surface area contributed by atoms with Gasteiger partial charge in [-0.05, 0) is 44.0 Å². The maximum atomic E-state index is 12.1. The molecule has 0 radical (unpaired) electrons. The minimum absolute atomic E-state index is 0.179. The molecule has 2 N–H and O–H groups in total. The summed E-state index contributed by atoms with van der Waals surface area (Å²) in [5, 5.41) is 3.76. The number of aromatic amines is 1. The van der Waals surface area contributed by atoms with E-state index in [2.05, 4.69) is 10.3 Å². The molecular weight excluding hydrogens is 268 g/mol. The van der Waals surface area contributed by atoms with Crippen LogP contribution in [0.1, 0.15) is 35.0 Å². The molecule has 5 nitrogen and oxygen atoms in total. The van der Waals surface area contributed by atoms with E-state index in [-0.39, 0.29) is 24.8 Å². The van der Waals surface area contributed by atoms with Gasteiger partial charge in [0.15, 0.2) is 0 Å². The van der Waals surface area contributed by atoms with Crippen LogP contribution >= 0.6 is 0 Å². The number of aromatic nitrogens is 1. The van der Waals surface area contributed by atoms with Crippen LogP contribution in [0.25, 0.3) is 10.9 Å². The lowest BCUT2D eigenvalue weighted by Gasteiger charge is -2.03. The number of carbonyl (C=O) groups is 2. The molecule has 0 spiro atoms. The van der Waals surface area contributed by atoms with Gasteiger partial charge in [-0.1, -0.05) is 6.07 Å². The third-order valence-electron chi connectivity index (χ3n) is 3.51. The summed E-state index contributed by atoms with van der Waals surface area (Å²) in [6.07, 6.45) is 0.179. The van der Waals surface area contributed by atoms with Gasteiger partial charge in [-0.15, -0.1) is 0 Å². The summed E-state index contributed by atoms with van der Waals surface area (Å²) >= 11 is 0. The predicted octanol–water partition coefficient (Wildman–Crippen LogP) is 2.47. The molecule has 112 valence electrons. The Bertz CT molecular complexity index is 673. The molecule has 0 aliphatic rings. The molecule has 1 aromatic carbocycles. The van der Waals surface area contributed by atoms with E-state index in [1.807, 2.05) is 32.0 Å². The molecule has 0 atom stereocenters. The zero-order valence-corrected chi connectivity index (χ0v) is 12.6. The second-order valence-electron chi connectivity index (χ2n) is 4.96. The first-order valence-electron chi connectivity index (χ1n) is 7.05. The third-order valence-corrected chi connectivity index (χ3v) is 3.51. The minimum Gasteiger partial charge on any atom is -0.466 e. The van der Waals surface area contributed by atoms with Crippen molar-refractivity contribution in [2.24, 2.45) is 0 Å². The smallest absolute Gasteiger partial charge is 0.307 e. The van der Waals surface area contributed by atoms with Gasteiger partial charge in [-0.25, -0.2) is 0 Å². The SMILES string of the molecule is CCOC(=O)CCNC(=O)c1cc2c(C)c(C)ccc2[nH]1. The molecule has 1 aromatic heterocycles. The molecule has 21 heavy (non-hydrogen) atoms. The number of H-pyrrole nitrogens is 1. The topological polar surface area (TPSA) is 71.2 Å². The van der Waals surface area contributed by atoms with Crippen LogP contribution < -0.4 is 5.32 Å². The highest BCUT2D eigenvalue weighted by Crippen LogP contribution is 2.22. The lowest BCUT2D eigenvalue weighted by molar-refractivity contribution is -0.142. The van der Waals surface area contributed by atoms with Crippen molar-refractivity contribution in [1.82, 2.24) is 10.3 Å². The second kappa shape index (κ2) is 6.43. The summed E-state index contributed by atoms with van der Waals surface area (Å²) in [5.41, 5.74) is 3.79. The number of ether oxygens (including phenoxy) is 1. The van der Waals surface area contributed by atoms with Gasteiger partial charge in [0, 0.05) is 17.4 Å². The molecule has 0 aliphatic carbocycles. The summed E-state index contributed by atoms with van der Waals surface area (Å²) in [4.78, 5) is 26.4. The van der Waals surface area contributed by atoms with Crippen molar-refractivity contribution in [2.45, 2.75) is 27.2 Å². The highest BCUT2D eigenvalue weighted by molar-refractivity contribution is 5.99. The zero-order chi connectivity index (χ0) is 15.4. The van der Waals surface area contributed by atoms with Crippen LogP contribution in [0.15, 0.2) is 18.2 Å². The summed E-state index contributed by atoms with van der Waals surface area (Å²) in [6, 6.07) is 5.83. The van der Waals surface area contributed by atoms with Crippen molar-refractivity contribution in [1.29, 1.82) is 0 Å². The Morgan fingerprint density at radius 2 is 2.05 bits per heavy atom. The van der Waals surface area contributed by atoms with E-state index in [4.69, 9.17) is 4.74 Å². The van der Waals surface area contributed by atoms with Crippen LogP contribution in [0.3, 0.4) is 0 Å². The van der Waals surface area contributed by atoms with Crippen LogP contribution in [0.5, 0.6) is 0 Å². The number of rotatable bonds is 5. The van der Waals surface area contributed by atoms with Crippen molar-refractivity contribution in [3.63, 3.8) is 0 Å². The number of aryl methyl sites for hydroxylation is 2. The van der Waals surface area contributed by atoms with Crippen molar-refractivity contribution in [2.75, 3.05) is 13.2 Å². The Balaban J connectivity index is 2.03. The van der Waals surface area contributed by atoms with Gasteiger partial charge in [0.1, 0.15) is 5.69 Å². The molecule has 1 heterocycles. The van der Waals surface area contributed by atoms with Crippen LogP contribution in [0.4, 0.5) is 0 Å². The van der Waals surface area contributed by atoms with Gasteiger partial charge in [-0.3, -0.25) is 9.59 Å². The van der Waals surface area contributed by atoms with Crippen LogP contribution in [-0.4, -0.2) is 30.0 Å². The summed E-state index contributed by atoms with van der Waals surface area (Å²) < 4.78 is 4.81. The summed E-state index contributed by atoms with van der Waals surface area (Å²) in [5.74, 6) is -0.520. The van der Waals surface area contributed by atoms with Gasteiger partial charge in [0.25, 0.3) is 5.91 Å². The predicted molar refractivity (Wildman–Crippen MR) is 81.4 cm³/mol. The molecular formula is C16H20N2O3. The van der Waals surface area contributed by atoms with Gasteiger partial charge in [0.05, 0.1) is 13.0 Å². The number of carbonyl (C=O) groups excluding carboxylic acids is 2. The summed E-state index contributed by atoms with van der Waals surface area (Å²) in [6.45, 7) is 6.46. The fraction of sp³-hybridized carbons (Fsp3) is 0.375. The first-order chi connectivity index (χ1) is 10.0. The Kier molecular flexibility index (Phi) is 4.62.